The van der Waals surface area contributed by atoms with E-state index in [9.17, 15) is 9.59 Å². The second-order valence-electron chi connectivity index (χ2n) is 4.88. The fourth-order valence-electron chi connectivity index (χ4n) is 1.47. The van der Waals surface area contributed by atoms with E-state index in [1.807, 2.05) is 0 Å². The lowest BCUT2D eigenvalue weighted by Gasteiger charge is -2.08. The summed E-state index contributed by atoms with van der Waals surface area (Å²) in [4.78, 5) is 22.0. The second-order valence-corrected chi connectivity index (χ2v) is 6.70. The van der Waals surface area contributed by atoms with Crippen molar-refractivity contribution in [2.24, 2.45) is 5.92 Å². The molecule has 162 valence electrons. The van der Waals surface area contributed by atoms with Gasteiger partial charge < -0.3 is 24.1 Å². The van der Waals surface area contributed by atoms with E-state index in [1.54, 1.807) is 31.2 Å². The zero-order valence-corrected chi connectivity index (χ0v) is 18.7. The van der Waals surface area contributed by atoms with Crippen LogP contribution in [0.4, 0.5) is 4.79 Å². The first-order valence-corrected chi connectivity index (χ1v) is 9.74. The van der Waals surface area contributed by atoms with Crippen molar-refractivity contribution in [1.29, 1.82) is 0 Å². The molecule has 28 heavy (non-hydrogen) atoms. The third kappa shape index (κ3) is 18.4. The number of rotatable bonds is 8. The molecule has 1 aromatic carbocycles. The molecule has 0 bridgehead atoms. The van der Waals surface area contributed by atoms with Crippen molar-refractivity contribution >= 4 is 58.5 Å². The zero-order valence-electron chi connectivity index (χ0n) is 15.7. The summed E-state index contributed by atoms with van der Waals surface area (Å²) in [7, 11) is 2.94. The zero-order chi connectivity index (χ0) is 21.9. The third-order valence-electron chi connectivity index (χ3n) is 2.77. The number of methoxy groups -OCH3 is 2. The van der Waals surface area contributed by atoms with Gasteiger partial charge in [-0.25, -0.2) is 4.79 Å². The SMILES string of the molecule is COC(Cl)Cl.COCCOC(=O)Oc1ccc(CC(C)C(=O)O)cc1.ClCCl. The van der Waals surface area contributed by atoms with Crippen LogP contribution in [0.1, 0.15) is 12.5 Å². The highest BCUT2D eigenvalue weighted by atomic mass is 35.5. The van der Waals surface area contributed by atoms with Gasteiger partial charge >= 0.3 is 12.1 Å². The minimum absolute atomic E-state index is 0.129. The van der Waals surface area contributed by atoms with Gasteiger partial charge in [-0.05, 0) is 24.1 Å². The monoisotopic (exact) mass is 480 g/mol. The number of hydrogen-bond acceptors (Lipinski definition) is 6. The highest BCUT2D eigenvalue weighted by Crippen LogP contribution is 2.15. The van der Waals surface area contributed by atoms with E-state index < -0.39 is 23.1 Å². The molecule has 1 atom stereocenters. The molecule has 0 saturated carbocycles. The van der Waals surface area contributed by atoms with Crippen molar-refractivity contribution in [2.45, 2.75) is 18.4 Å². The predicted octanol–water partition coefficient (Wildman–Crippen LogP) is 4.93. The van der Waals surface area contributed by atoms with Crippen LogP contribution in [0, 0.1) is 5.92 Å². The van der Waals surface area contributed by atoms with E-state index in [1.165, 1.54) is 14.2 Å². The van der Waals surface area contributed by atoms with Crippen molar-refractivity contribution in [1.82, 2.24) is 0 Å². The molecular weight excluding hydrogens is 458 g/mol. The smallest absolute Gasteiger partial charge is 0.481 e. The van der Waals surface area contributed by atoms with Crippen molar-refractivity contribution in [3.63, 3.8) is 0 Å². The molecule has 0 aliphatic rings. The summed E-state index contributed by atoms with van der Waals surface area (Å²) in [5, 5.41) is 8.35. The Morgan fingerprint density at radius 2 is 1.57 bits per heavy atom. The van der Waals surface area contributed by atoms with E-state index in [0.717, 1.165) is 5.56 Å². The van der Waals surface area contributed by atoms with Crippen LogP contribution >= 0.6 is 46.4 Å². The number of carbonyl (C=O) groups excluding carboxylic acids is 1. The Hall–Kier alpha value is -0.960. The summed E-state index contributed by atoms with van der Waals surface area (Å²) < 4.78 is 18.7. The Bertz CT molecular complexity index is 527. The summed E-state index contributed by atoms with van der Waals surface area (Å²) >= 11 is 19.5. The van der Waals surface area contributed by atoms with E-state index in [4.69, 9.17) is 65.7 Å². The standard InChI is InChI=1S/C14H18O6.C2H4Cl2O.CH2Cl2/c1-10(13(15)16)9-11-3-5-12(6-4-11)20-14(17)19-8-7-18-2;1-5-2(3)4;2-1-3/h3-6,10H,7-9H2,1-2H3,(H,15,16);2H,1H3;1H2. The van der Waals surface area contributed by atoms with Gasteiger partial charge in [-0.1, -0.05) is 42.3 Å². The van der Waals surface area contributed by atoms with Gasteiger partial charge in [-0.15, -0.1) is 23.2 Å². The Balaban J connectivity index is 0. The molecule has 0 aromatic heterocycles. The molecular formula is C17H24Cl4O7. The molecule has 1 unspecified atom stereocenters. The number of carbonyl (C=O) groups is 2. The molecule has 0 aliphatic heterocycles. The van der Waals surface area contributed by atoms with Gasteiger partial charge in [0.05, 0.1) is 17.9 Å². The van der Waals surface area contributed by atoms with Gasteiger partial charge in [-0.3, -0.25) is 4.79 Å². The van der Waals surface area contributed by atoms with Gasteiger partial charge in [0.1, 0.15) is 12.4 Å². The van der Waals surface area contributed by atoms with Crippen molar-refractivity contribution in [2.75, 3.05) is 32.8 Å². The van der Waals surface area contributed by atoms with Crippen LogP contribution in [0.15, 0.2) is 24.3 Å². The van der Waals surface area contributed by atoms with Crippen molar-refractivity contribution in [3.05, 3.63) is 29.8 Å². The first kappa shape index (κ1) is 29.2. The van der Waals surface area contributed by atoms with E-state index >= 15 is 0 Å². The van der Waals surface area contributed by atoms with Crippen LogP contribution in [-0.2, 0) is 25.4 Å². The molecule has 1 rings (SSSR count). The second kappa shape index (κ2) is 19.4. The average molecular weight is 482 g/mol. The number of aliphatic carboxylic acids is 1. The molecule has 11 heteroatoms. The molecule has 0 fully saturated rings. The highest BCUT2D eigenvalue weighted by molar-refractivity contribution is 6.43. The summed E-state index contributed by atoms with van der Waals surface area (Å²) in [6, 6.07) is 6.64. The van der Waals surface area contributed by atoms with E-state index in [0.29, 0.717) is 18.8 Å². The number of benzene rings is 1. The fourth-order valence-corrected chi connectivity index (χ4v) is 1.47. The Morgan fingerprint density at radius 1 is 1.07 bits per heavy atom. The number of ether oxygens (including phenoxy) is 4. The third-order valence-corrected chi connectivity index (χ3v) is 3.13. The largest absolute Gasteiger partial charge is 0.513 e. The molecule has 0 amide bonds. The topological polar surface area (TPSA) is 91.3 Å². The van der Waals surface area contributed by atoms with Crippen LogP contribution in [0.2, 0.25) is 0 Å². The maximum Gasteiger partial charge on any atom is 0.513 e. The minimum atomic E-state index is -0.841. The van der Waals surface area contributed by atoms with Gasteiger partial charge in [0.2, 0.25) is 5.02 Å². The van der Waals surface area contributed by atoms with Gasteiger partial charge in [-0.2, -0.15) is 0 Å². The molecule has 1 N–H and O–H groups in total. The molecule has 7 nitrogen and oxygen atoms in total. The van der Waals surface area contributed by atoms with E-state index in [-0.39, 0.29) is 11.9 Å². The average Bonchev–Trinajstić information content (AvgIpc) is 2.64. The number of alkyl halides is 4. The van der Waals surface area contributed by atoms with E-state index in [2.05, 4.69) is 4.74 Å². The van der Waals surface area contributed by atoms with Crippen molar-refractivity contribution in [3.8, 4) is 5.75 Å². The summed E-state index contributed by atoms with van der Waals surface area (Å²) in [6.45, 7) is 2.07. The summed E-state index contributed by atoms with van der Waals surface area (Å²) in [5.74, 6) is -0.952. The van der Waals surface area contributed by atoms with Crippen LogP contribution in [0.25, 0.3) is 0 Å². The maximum absolute atomic E-state index is 11.3. The predicted molar refractivity (Wildman–Crippen MR) is 110 cm³/mol. The first-order valence-electron chi connectivity index (χ1n) is 7.79. The molecule has 0 radical (unpaired) electrons. The minimum Gasteiger partial charge on any atom is -0.481 e. The molecule has 0 aliphatic carbocycles. The van der Waals surface area contributed by atoms with Crippen LogP contribution < -0.4 is 4.74 Å². The Labute approximate surface area is 184 Å². The fraction of sp³-hybridized carbons (Fsp3) is 0.529. The van der Waals surface area contributed by atoms with Crippen LogP contribution in [0.5, 0.6) is 5.75 Å². The highest BCUT2D eigenvalue weighted by Gasteiger charge is 2.12. The van der Waals surface area contributed by atoms with Crippen LogP contribution in [-0.4, -0.2) is 55.0 Å². The number of carboxylic acids is 1. The molecule has 0 saturated heterocycles. The molecule has 1 aromatic rings. The van der Waals surface area contributed by atoms with Gasteiger partial charge in [0.15, 0.2) is 0 Å². The van der Waals surface area contributed by atoms with Crippen molar-refractivity contribution < 1.29 is 33.6 Å². The first-order chi connectivity index (χ1) is 13.2. The summed E-state index contributed by atoms with van der Waals surface area (Å²) in [5.41, 5.74) is 0.861. The molecule has 0 spiro atoms. The molecule has 0 heterocycles. The number of carboxylic acid groups (broad SMARTS) is 1. The Kier molecular flexibility index (Phi) is 20.2. The number of hydrogen-bond donors (Lipinski definition) is 1. The summed E-state index contributed by atoms with van der Waals surface area (Å²) in [6.07, 6.45) is -0.373. The quantitative estimate of drug-likeness (QED) is 0.243. The Morgan fingerprint density at radius 3 is 1.96 bits per heavy atom. The maximum atomic E-state index is 11.3. The van der Waals surface area contributed by atoms with Gasteiger partial charge in [0, 0.05) is 14.2 Å². The lowest BCUT2D eigenvalue weighted by molar-refractivity contribution is -0.141. The number of halogens is 4. The lowest BCUT2D eigenvalue weighted by Crippen LogP contribution is -2.14. The lowest BCUT2D eigenvalue weighted by atomic mass is 10.0. The van der Waals surface area contributed by atoms with Gasteiger partial charge in [0.25, 0.3) is 0 Å². The van der Waals surface area contributed by atoms with Crippen LogP contribution in [0.3, 0.4) is 0 Å². The normalized spacial score (nSPS) is 10.7.